The zero-order valence-electron chi connectivity index (χ0n) is 11.0. The number of nitrogens with zero attached hydrogens (tertiary/aromatic N) is 2. The van der Waals surface area contributed by atoms with E-state index in [0.717, 1.165) is 11.1 Å². The first-order valence-corrected chi connectivity index (χ1v) is 7.19. The summed E-state index contributed by atoms with van der Waals surface area (Å²) < 4.78 is 0. The van der Waals surface area contributed by atoms with Crippen LogP contribution in [0.3, 0.4) is 0 Å². The lowest BCUT2D eigenvalue weighted by molar-refractivity contribution is -0.117. The highest BCUT2D eigenvalue weighted by Crippen LogP contribution is 2.26. The van der Waals surface area contributed by atoms with Crippen LogP contribution in [0.1, 0.15) is 6.42 Å². The summed E-state index contributed by atoms with van der Waals surface area (Å²) in [6.45, 7) is 0.667. The second-order valence-corrected chi connectivity index (χ2v) is 5.31. The molecule has 1 unspecified atom stereocenters. The molecule has 0 saturated carbocycles. The molecule has 2 heterocycles. The van der Waals surface area contributed by atoms with Gasteiger partial charge >= 0.3 is 0 Å². The smallest absolute Gasteiger partial charge is 0.228 e. The van der Waals surface area contributed by atoms with Crippen molar-refractivity contribution in [1.82, 2.24) is 4.98 Å². The minimum absolute atomic E-state index is 0.107. The summed E-state index contributed by atoms with van der Waals surface area (Å²) in [4.78, 5) is 18.1. The van der Waals surface area contributed by atoms with Crippen molar-refractivity contribution in [2.45, 2.75) is 6.42 Å². The minimum atomic E-state index is 0.107. The second-order valence-electron chi connectivity index (χ2n) is 5.00. The van der Waals surface area contributed by atoms with Crippen LogP contribution in [-0.4, -0.2) is 23.3 Å². The number of carbonyl (C=O) groups is 1. The molecule has 0 spiro atoms. The average Bonchev–Trinajstić information content (AvgIpc) is 2.89. The van der Waals surface area contributed by atoms with Crippen molar-refractivity contribution < 1.29 is 4.79 Å². The van der Waals surface area contributed by atoms with Gasteiger partial charge in [0, 0.05) is 30.6 Å². The highest BCUT2D eigenvalue weighted by molar-refractivity contribution is 6.18. The Kier molecular flexibility index (Phi) is 3.70. The summed E-state index contributed by atoms with van der Waals surface area (Å²) in [5.74, 6) is 1.57. The van der Waals surface area contributed by atoms with Crippen LogP contribution in [0.25, 0.3) is 11.1 Å². The number of hydrogen-bond donors (Lipinski definition) is 0. The number of aromatic nitrogens is 1. The molecule has 3 rings (SSSR count). The molecule has 1 saturated heterocycles. The maximum atomic E-state index is 11.9. The Morgan fingerprint density at radius 1 is 1.15 bits per heavy atom. The summed E-state index contributed by atoms with van der Waals surface area (Å²) in [6.07, 6.45) is 2.33. The summed E-state index contributed by atoms with van der Waals surface area (Å²) in [5.41, 5.74) is 2.17. The molecule has 2 aromatic rings. The largest absolute Gasteiger partial charge is 0.296 e. The average molecular weight is 287 g/mol. The molecule has 1 aliphatic heterocycles. The van der Waals surface area contributed by atoms with Gasteiger partial charge in [0.05, 0.1) is 0 Å². The fourth-order valence-electron chi connectivity index (χ4n) is 2.45. The normalized spacial score (nSPS) is 18.6. The van der Waals surface area contributed by atoms with Crippen molar-refractivity contribution >= 4 is 23.3 Å². The van der Waals surface area contributed by atoms with E-state index in [2.05, 4.69) is 4.98 Å². The molecule has 0 N–H and O–H groups in total. The number of carbonyl (C=O) groups excluding carboxylic acids is 1. The van der Waals surface area contributed by atoms with E-state index in [1.165, 1.54) is 0 Å². The SMILES string of the molecule is O=C1CC(CCl)CN1c1ccc(-c2ccccc2)cn1. The Bertz CT molecular complexity index is 598. The highest BCUT2D eigenvalue weighted by Gasteiger charge is 2.30. The predicted octanol–water partition coefficient (Wildman–Crippen LogP) is 3.34. The van der Waals surface area contributed by atoms with Crippen molar-refractivity contribution in [3.05, 3.63) is 48.7 Å². The number of rotatable bonds is 3. The van der Waals surface area contributed by atoms with Gasteiger partial charge in [0.2, 0.25) is 5.91 Å². The van der Waals surface area contributed by atoms with E-state index >= 15 is 0 Å². The monoisotopic (exact) mass is 286 g/mol. The van der Waals surface area contributed by atoms with Gasteiger partial charge in [-0.25, -0.2) is 4.98 Å². The summed E-state index contributed by atoms with van der Waals surface area (Å²) >= 11 is 5.83. The standard InChI is InChI=1S/C16H15ClN2O/c17-9-12-8-16(20)19(11-12)15-7-6-14(10-18-15)13-4-2-1-3-5-13/h1-7,10,12H,8-9,11H2. The van der Waals surface area contributed by atoms with E-state index in [0.29, 0.717) is 24.7 Å². The molecule has 1 aromatic heterocycles. The van der Waals surface area contributed by atoms with Crippen LogP contribution in [0.5, 0.6) is 0 Å². The molecular weight excluding hydrogens is 272 g/mol. The maximum absolute atomic E-state index is 11.9. The molecule has 1 fully saturated rings. The van der Waals surface area contributed by atoms with Crippen LogP contribution in [0.15, 0.2) is 48.7 Å². The van der Waals surface area contributed by atoms with Gasteiger partial charge in [-0.3, -0.25) is 9.69 Å². The van der Waals surface area contributed by atoms with Crippen LogP contribution < -0.4 is 4.90 Å². The van der Waals surface area contributed by atoms with Gasteiger partial charge in [-0.2, -0.15) is 0 Å². The third-order valence-corrected chi connectivity index (χ3v) is 3.99. The molecule has 1 aliphatic rings. The molecular formula is C16H15ClN2O. The Labute approximate surface area is 123 Å². The third kappa shape index (κ3) is 2.54. The van der Waals surface area contributed by atoms with Crippen LogP contribution in [0, 0.1) is 5.92 Å². The number of hydrogen-bond acceptors (Lipinski definition) is 2. The quantitative estimate of drug-likeness (QED) is 0.811. The van der Waals surface area contributed by atoms with E-state index in [1.807, 2.05) is 48.7 Å². The fraction of sp³-hybridized carbons (Fsp3) is 0.250. The number of amides is 1. The first-order chi connectivity index (χ1) is 9.78. The molecule has 0 bridgehead atoms. The second kappa shape index (κ2) is 5.63. The van der Waals surface area contributed by atoms with Gasteiger partial charge in [-0.05, 0) is 23.6 Å². The fourth-order valence-corrected chi connectivity index (χ4v) is 2.66. The first-order valence-electron chi connectivity index (χ1n) is 6.65. The van der Waals surface area contributed by atoms with Gasteiger partial charge in [0.25, 0.3) is 0 Å². The van der Waals surface area contributed by atoms with Crippen molar-refractivity contribution in [2.75, 3.05) is 17.3 Å². The van der Waals surface area contributed by atoms with Crippen LogP contribution in [-0.2, 0) is 4.79 Å². The van der Waals surface area contributed by atoms with Gasteiger partial charge in [-0.1, -0.05) is 30.3 Å². The van der Waals surface area contributed by atoms with Crippen LogP contribution in [0.4, 0.5) is 5.82 Å². The predicted molar refractivity (Wildman–Crippen MR) is 80.9 cm³/mol. The van der Waals surface area contributed by atoms with Gasteiger partial charge in [0.1, 0.15) is 5.82 Å². The molecule has 1 amide bonds. The lowest BCUT2D eigenvalue weighted by Gasteiger charge is -2.15. The van der Waals surface area contributed by atoms with Crippen LogP contribution in [0.2, 0.25) is 0 Å². The van der Waals surface area contributed by atoms with Crippen molar-refractivity contribution in [3.63, 3.8) is 0 Å². The van der Waals surface area contributed by atoms with E-state index < -0.39 is 0 Å². The summed E-state index contributed by atoms with van der Waals surface area (Å²) in [5, 5.41) is 0. The molecule has 1 aromatic carbocycles. The lowest BCUT2D eigenvalue weighted by Crippen LogP contribution is -2.25. The van der Waals surface area contributed by atoms with Gasteiger partial charge in [-0.15, -0.1) is 11.6 Å². The van der Waals surface area contributed by atoms with E-state index in [4.69, 9.17) is 11.6 Å². The zero-order valence-corrected chi connectivity index (χ0v) is 11.8. The number of alkyl halides is 1. The Morgan fingerprint density at radius 3 is 2.55 bits per heavy atom. The number of anilines is 1. The minimum Gasteiger partial charge on any atom is -0.296 e. The highest BCUT2D eigenvalue weighted by atomic mass is 35.5. The first kappa shape index (κ1) is 13.1. The Balaban J connectivity index is 1.82. The van der Waals surface area contributed by atoms with E-state index in [-0.39, 0.29) is 11.8 Å². The maximum Gasteiger partial charge on any atom is 0.228 e. The lowest BCUT2D eigenvalue weighted by atomic mass is 10.1. The molecule has 102 valence electrons. The van der Waals surface area contributed by atoms with Gasteiger partial charge < -0.3 is 0 Å². The van der Waals surface area contributed by atoms with Crippen molar-refractivity contribution in [2.24, 2.45) is 5.92 Å². The summed E-state index contributed by atoms with van der Waals surface area (Å²) in [6, 6.07) is 14.0. The third-order valence-electron chi connectivity index (χ3n) is 3.55. The Hall–Kier alpha value is -1.87. The molecule has 20 heavy (non-hydrogen) atoms. The van der Waals surface area contributed by atoms with E-state index in [1.54, 1.807) is 4.90 Å². The number of pyridine rings is 1. The molecule has 0 aliphatic carbocycles. The van der Waals surface area contributed by atoms with E-state index in [9.17, 15) is 4.79 Å². The summed E-state index contributed by atoms with van der Waals surface area (Å²) in [7, 11) is 0. The molecule has 3 nitrogen and oxygen atoms in total. The van der Waals surface area contributed by atoms with Crippen molar-refractivity contribution in [1.29, 1.82) is 0 Å². The van der Waals surface area contributed by atoms with Crippen molar-refractivity contribution in [3.8, 4) is 11.1 Å². The topological polar surface area (TPSA) is 33.2 Å². The zero-order chi connectivity index (χ0) is 13.9. The molecule has 1 atom stereocenters. The number of halogens is 1. The van der Waals surface area contributed by atoms with Crippen LogP contribution >= 0.6 is 11.6 Å². The molecule has 4 heteroatoms. The molecule has 0 radical (unpaired) electrons. The number of benzene rings is 1. The Morgan fingerprint density at radius 2 is 1.95 bits per heavy atom. The van der Waals surface area contributed by atoms with Gasteiger partial charge in [0.15, 0.2) is 0 Å².